The first kappa shape index (κ1) is 7.27. The van der Waals surface area contributed by atoms with Crippen molar-refractivity contribution < 1.29 is 9.32 Å². The van der Waals surface area contributed by atoms with Crippen LogP contribution >= 0.6 is 0 Å². The summed E-state index contributed by atoms with van der Waals surface area (Å²) >= 11 is 0. The van der Waals surface area contributed by atoms with E-state index in [1.165, 1.54) is 17.0 Å². The average molecular weight is 160 g/mol. The fourth-order valence-corrected chi connectivity index (χ4v) is 1.33. The van der Waals surface area contributed by atoms with Crippen LogP contribution in [0.1, 0.15) is 0 Å². The van der Waals surface area contributed by atoms with Gasteiger partial charge in [-0.25, -0.2) is 4.98 Å². The van der Waals surface area contributed by atoms with Crippen molar-refractivity contribution in [3.8, 4) is 5.88 Å². The molecule has 1 unspecified atom stereocenters. The molecule has 0 saturated carbocycles. The van der Waals surface area contributed by atoms with Crippen LogP contribution in [-0.2, 0) is 17.8 Å². The Kier molecular flexibility index (Phi) is 1.76. The molecule has 0 aliphatic carbocycles. The van der Waals surface area contributed by atoms with Gasteiger partial charge in [0, 0.05) is 13.3 Å². The van der Waals surface area contributed by atoms with Gasteiger partial charge in [-0.05, 0) is 0 Å². The predicted octanol–water partition coefficient (Wildman–Crippen LogP) is -0.137. The monoisotopic (exact) mass is 160 g/mol. The second-order valence-corrected chi connectivity index (χ2v) is 3.19. The van der Waals surface area contributed by atoms with Crippen LogP contribution in [0, 0.1) is 0 Å². The Morgan fingerprint density at radius 3 is 2.60 bits per heavy atom. The van der Waals surface area contributed by atoms with E-state index in [0.717, 1.165) is 0 Å². The van der Waals surface area contributed by atoms with Crippen LogP contribution in [0.15, 0.2) is 11.4 Å². The summed E-state index contributed by atoms with van der Waals surface area (Å²) in [6.45, 7) is 0. The standard InChI is InChI=1S/C5H8N2O2S/c1-7-4(8)3-6-5(7)10(2)9/h3,8H,1-2H3. The third-order valence-electron chi connectivity index (χ3n) is 1.18. The molecule has 10 heavy (non-hydrogen) atoms. The van der Waals surface area contributed by atoms with E-state index in [0.29, 0.717) is 5.16 Å². The number of aromatic nitrogens is 2. The average Bonchev–Trinajstić information content (AvgIpc) is 2.14. The van der Waals surface area contributed by atoms with E-state index in [4.69, 9.17) is 5.11 Å². The highest BCUT2D eigenvalue weighted by Gasteiger charge is 2.06. The largest absolute Gasteiger partial charge is 0.493 e. The molecule has 0 bridgehead atoms. The smallest absolute Gasteiger partial charge is 0.211 e. The Bertz CT molecular complexity index is 269. The Morgan fingerprint density at radius 2 is 2.40 bits per heavy atom. The summed E-state index contributed by atoms with van der Waals surface area (Å²) in [5.74, 6) is 0.0326. The van der Waals surface area contributed by atoms with Crippen molar-refractivity contribution in [1.29, 1.82) is 0 Å². The summed E-state index contributed by atoms with van der Waals surface area (Å²) in [4.78, 5) is 3.73. The minimum absolute atomic E-state index is 0.0326. The molecule has 1 heterocycles. The van der Waals surface area contributed by atoms with E-state index >= 15 is 0 Å². The minimum Gasteiger partial charge on any atom is -0.493 e. The SMILES string of the molecule is Cn1c(O)cnc1S(C)=O. The molecule has 1 atom stereocenters. The van der Waals surface area contributed by atoms with Crippen molar-refractivity contribution in [2.24, 2.45) is 7.05 Å². The molecule has 1 N–H and O–H groups in total. The van der Waals surface area contributed by atoms with Crippen LogP contribution in [0.5, 0.6) is 5.88 Å². The second-order valence-electron chi connectivity index (χ2n) is 1.91. The van der Waals surface area contributed by atoms with Gasteiger partial charge in [0.15, 0.2) is 0 Å². The molecule has 4 nitrogen and oxygen atoms in total. The zero-order valence-electron chi connectivity index (χ0n) is 5.74. The molecule has 0 radical (unpaired) electrons. The lowest BCUT2D eigenvalue weighted by Crippen LogP contribution is -1.98. The van der Waals surface area contributed by atoms with Gasteiger partial charge in [0.2, 0.25) is 11.0 Å². The van der Waals surface area contributed by atoms with Crippen LogP contribution in [0.4, 0.5) is 0 Å². The third kappa shape index (κ3) is 1.04. The number of rotatable bonds is 1. The van der Waals surface area contributed by atoms with Crippen molar-refractivity contribution in [3.05, 3.63) is 6.20 Å². The zero-order chi connectivity index (χ0) is 7.72. The lowest BCUT2D eigenvalue weighted by atomic mass is 10.8. The van der Waals surface area contributed by atoms with Gasteiger partial charge in [-0.1, -0.05) is 0 Å². The van der Waals surface area contributed by atoms with Crippen molar-refractivity contribution in [2.45, 2.75) is 5.16 Å². The number of hydrogen-bond acceptors (Lipinski definition) is 3. The van der Waals surface area contributed by atoms with Crippen LogP contribution in [0.3, 0.4) is 0 Å². The van der Waals surface area contributed by atoms with Crippen molar-refractivity contribution in [3.63, 3.8) is 0 Å². The number of nitrogens with zero attached hydrogens (tertiary/aromatic N) is 2. The van der Waals surface area contributed by atoms with Crippen molar-refractivity contribution >= 4 is 10.8 Å². The Balaban J connectivity index is 3.17. The summed E-state index contributed by atoms with van der Waals surface area (Å²) in [5, 5.41) is 9.34. The van der Waals surface area contributed by atoms with Crippen LogP contribution in [-0.4, -0.2) is 25.1 Å². The van der Waals surface area contributed by atoms with E-state index in [1.54, 1.807) is 7.05 Å². The highest BCUT2D eigenvalue weighted by Crippen LogP contribution is 2.10. The lowest BCUT2D eigenvalue weighted by Gasteiger charge is -1.95. The van der Waals surface area contributed by atoms with E-state index in [2.05, 4.69) is 4.98 Å². The molecule has 0 fully saturated rings. The van der Waals surface area contributed by atoms with Crippen molar-refractivity contribution in [1.82, 2.24) is 9.55 Å². The first-order valence-corrected chi connectivity index (χ1v) is 4.23. The fraction of sp³-hybridized carbons (Fsp3) is 0.400. The maximum Gasteiger partial charge on any atom is 0.211 e. The Morgan fingerprint density at radius 1 is 1.80 bits per heavy atom. The zero-order valence-corrected chi connectivity index (χ0v) is 6.55. The molecule has 1 aromatic rings. The van der Waals surface area contributed by atoms with Crippen LogP contribution < -0.4 is 0 Å². The summed E-state index contributed by atoms with van der Waals surface area (Å²) in [6, 6.07) is 0. The first-order chi connectivity index (χ1) is 4.63. The van der Waals surface area contributed by atoms with Gasteiger partial charge in [-0.3, -0.25) is 8.78 Å². The number of hydrogen-bond donors (Lipinski definition) is 1. The molecule has 56 valence electrons. The van der Waals surface area contributed by atoms with Gasteiger partial charge in [-0.2, -0.15) is 0 Å². The molecule has 0 spiro atoms. The maximum atomic E-state index is 10.8. The van der Waals surface area contributed by atoms with Gasteiger partial charge in [-0.15, -0.1) is 0 Å². The summed E-state index contributed by atoms with van der Waals surface area (Å²) < 4.78 is 12.2. The molecule has 0 saturated heterocycles. The number of aromatic hydroxyl groups is 1. The topological polar surface area (TPSA) is 55.1 Å². The summed E-state index contributed by atoms with van der Waals surface area (Å²) in [7, 11) is 0.482. The fourth-order valence-electron chi connectivity index (χ4n) is 0.651. The number of imidazole rings is 1. The third-order valence-corrected chi connectivity index (χ3v) is 2.07. The Labute approximate surface area is 61.0 Å². The van der Waals surface area contributed by atoms with Crippen LogP contribution in [0.25, 0.3) is 0 Å². The van der Waals surface area contributed by atoms with Gasteiger partial charge in [0.05, 0.1) is 17.0 Å². The predicted molar refractivity (Wildman–Crippen MR) is 37.2 cm³/mol. The van der Waals surface area contributed by atoms with E-state index < -0.39 is 10.8 Å². The first-order valence-electron chi connectivity index (χ1n) is 2.67. The van der Waals surface area contributed by atoms with E-state index in [9.17, 15) is 4.21 Å². The second kappa shape index (κ2) is 2.42. The Hall–Kier alpha value is -0.840. The van der Waals surface area contributed by atoms with Gasteiger partial charge >= 0.3 is 0 Å². The van der Waals surface area contributed by atoms with Crippen molar-refractivity contribution in [2.75, 3.05) is 6.26 Å². The molecule has 0 amide bonds. The van der Waals surface area contributed by atoms with E-state index in [-0.39, 0.29) is 5.88 Å². The highest BCUT2D eigenvalue weighted by atomic mass is 32.2. The summed E-state index contributed by atoms with van der Waals surface area (Å²) in [6.07, 6.45) is 2.79. The summed E-state index contributed by atoms with van der Waals surface area (Å²) in [5.41, 5.74) is 0. The molecule has 0 aromatic carbocycles. The van der Waals surface area contributed by atoms with Crippen LogP contribution in [0.2, 0.25) is 0 Å². The quantitative estimate of drug-likeness (QED) is 0.622. The normalized spacial score (nSPS) is 13.4. The maximum absolute atomic E-state index is 10.8. The van der Waals surface area contributed by atoms with E-state index in [1.807, 2.05) is 0 Å². The van der Waals surface area contributed by atoms with Gasteiger partial charge in [0.1, 0.15) is 0 Å². The molecular weight excluding hydrogens is 152 g/mol. The van der Waals surface area contributed by atoms with Gasteiger partial charge in [0.25, 0.3) is 0 Å². The lowest BCUT2D eigenvalue weighted by molar-refractivity contribution is 0.424. The molecule has 1 aromatic heterocycles. The molecule has 0 aliphatic heterocycles. The molecule has 0 aliphatic rings. The molecule has 5 heteroatoms. The van der Waals surface area contributed by atoms with Gasteiger partial charge < -0.3 is 5.11 Å². The highest BCUT2D eigenvalue weighted by molar-refractivity contribution is 7.84. The minimum atomic E-state index is -1.13. The molecular formula is C5H8N2O2S. The molecule has 1 rings (SSSR count).